The molecule has 0 fully saturated rings. The Kier molecular flexibility index (Phi) is 6.74. The van der Waals surface area contributed by atoms with Crippen molar-refractivity contribution in [2.45, 2.75) is 13.0 Å². The third-order valence-corrected chi connectivity index (χ3v) is 6.99. The molecule has 0 bridgehead atoms. The number of esters is 1. The van der Waals surface area contributed by atoms with Gasteiger partial charge in [-0.3, -0.25) is 4.79 Å². The SMILES string of the molecule is COc1cc(NC(=O)C(C)OC(=O)c2cccc3cccc(-c4nc5ccccc5s4)c23)cc(OC)c1. The molecule has 0 aliphatic rings. The first-order valence-corrected chi connectivity index (χ1v) is 12.4. The lowest BCUT2D eigenvalue weighted by molar-refractivity contribution is -0.123. The second kappa shape index (κ2) is 10.3. The average molecular weight is 513 g/mol. The van der Waals surface area contributed by atoms with Crippen molar-refractivity contribution in [2.24, 2.45) is 0 Å². The second-order valence-electron chi connectivity index (χ2n) is 8.33. The molecule has 1 amide bonds. The van der Waals surface area contributed by atoms with Gasteiger partial charge >= 0.3 is 5.97 Å². The summed E-state index contributed by atoms with van der Waals surface area (Å²) in [7, 11) is 3.05. The summed E-state index contributed by atoms with van der Waals surface area (Å²) in [5, 5.41) is 5.18. The molecule has 4 aromatic carbocycles. The number of aromatic nitrogens is 1. The van der Waals surface area contributed by atoms with Crippen LogP contribution < -0.4 is 14.8 Å². The first-order chi connectivity index (χ1) is 18.0. The Morgan fingerprint density at radius 3 is 2.30 bits per heavy atom. The number of para-hydroxylation sites is 1. The number of carbonyl (C=O) groups is 2. The van der Waals surface area contributed by atoms with Crippen LogP contribution in [0.1, 0.15) is 17.3 Å². The first kappa shape index (κ1) is 24.3. The molecule has 1 atom stereocenters. The van der Waals surface area contributed by atoms with Crippen molar-refractivity contribution in [1.29, 1.82) is 0 Å². The van der Waals surface area contributed by atoms with Crippen LogP contribution in [0.5, 0.6) is 11.5 Å². The number of carbonyl (C=O) groups excluding carboxylic acids is 2. The van der Waals surface area contributed by atoms with E-state index in [4.69, 9.17) is 19.2 Å². The fourth-order valence-electron chi connectivity index (χ4n) is 4.08. The van der Waals surface area contributed by atoms with E-state index in [2.05, 4.69) is 5.32 Å². The van der Waals surface area contributed by atoms with Crippen molar-refractivity contribution in [3.05, 3.63) is 84.4 Å². The highest BCUT2D eigenvalue weighted by Gasteiger charge is 2.23. The number of nitrogens with one attached hydrogen (secondary N) is 1. The molecule has 1 heterocycles. The summed E-state index contributed by atoms with van der Waals surface area (Å²) in [6.07, 6.45) is -1.05. The third kappa shape index (κ3) is 4.96. The molecule has 0 aliphatic carbocycles. The Balaban J connectivity index is 1.42. The Labute approximate surface area is 217 Å². The molecule has 1 N–H and O–H groups in total. The zero-order chi connectivity index (χ0) is 25.9. The van der Waals surface area contributed by atoms with Crippen molar-refractivity contribution in [3.63, 3.8) is 0 Å². The van der Waals surface area contributed by atoms with E-state index in [1.54, 1.807) is 41.7 Å². The maximum Gasteiger partial charge on any atom is 0.339 e. The van der Waals surface area contributed by atoms with E-state index >= 15 is 0 Å². The topological polar surface area (TPSA) is 86.8 Å². The number of fused-ring (bicyclic) bond motifs is 2. The summed E-state index contributed by atoms with van der Waals surface area (Å²) < 4.78 is 17.2. The lowest BCUT2D eigenvalue weighted by Crippen LogP contribution is -2.30. The smallest absolute Gasteiger partial charge is 0.339 e. The van der Waals surface area contributed by atoms with Gasteiger partial charge in [-0.05, 0) is 30.5 Å². The molecule has 7 nitrogen and oxygen atoms in total. The molecule has 1 aromatic heterocycles. The summed E-state index contributed by atoms with van der Waals surface area (Å²) >= 11 is 1.56. The van der Waals surface area contributed by atoms with E-state index in [-0.39, 0.29) is 0 Å². The fourth-order valence-corrected chi connectivity index (χ4v) is 5.08. The highest BCUT2D eigenvalue weighted by Crippen LogP contribution is 2.36. The van der Waals surface area contributed by atoms with Gasteiger partial charge in [0.05, 0.1) is 30.0 Å². The van der Waals surface area contributed by atoms with Gasteiger partial charge in [0.15, 0.2) is 6.10 Å². The van der Waals surface area contributed by atoms with Gasteiger partial charge in [0, 0.05) is 34.8 Å². The van der Waals surface area contributed by atoms with E-state index in [1.165, 1.54) is 21.1 Å². The van der Waals surface area contributed by atoms with Gasteiger partial charge in [0.2, 0.25) is 0 Å². The molecule has 1 unspecified atom stereocenters. The molecule has 0 saturated carbocycles. The largest absolute Gasteiger partial charge is 0.497 e. The van der Waals surface area contributed by atoms with E-state index in [0.29, 0.717) is 22.7 Å². The van der Waals surface area contributed by atoms with Crippen LogP contribution >= 0.6 is 11.3 Å². The van der Waals surface area contributed by atoms with Crippen LogP contribution in [0.3, 0.4) is 0 Å². The number of ether oxygens (including phenoxy) is 3. The van der Waals surface area contributed by atoms with Crippen LogP contribution in [0.15, 0.2) is 78.9 Å². The quantitative estimate of drug-likeness (QED) is 0.257. The van der Waals surface area contributed by atoms with Crippen LogP contribution in [-0.2, 0) is 9.53 Å². The lowest BCUT2D eigenvalue weighted by atomic mass is 9.99. The van der Waals surface area contributed by atoms with Crippen LogP contribution in [-0.4, -0.2) is 37.2 Å². The molecule has 0 aliphatic heterocycles. The molecule has 5 rings (SSSR count). The zero-order valence-electron chi connectivity index (χ0n) is 20.5. The molecule has 5 aromatic rings. The monoisotopic (exact) mass is 512 g/mol. The summed E-state index contributed by atoms with van der Waals surface area (Å²) in [6.45, 7) is 1.53. The van der Waals surface area contributed by atoms with Gasteiger partial charge in [-0.2, -0.15) is 0 Å². The van der Waals surface area contributed by atoms with Gasteiger partial charge in [0.25, 0.3) is 5.91 Å². The van der Waals surface area contributed by atoms with Crippen molar-refractivity contribution in [3.8, 4) is 22.1 Å². The van der Waals surface area contributed by atoms with Crippen molar-refractivity contribution in [1.82, 2.24) is 4.98 Å². The Bertz CT molecular complexity index is 1570. The molecule has 0 saturated heterocycles. The number of rotatable bonds is 7. The number of methoxy groups -OCH3 is 2. The van der Waals surface area contributed by atoms with Gasteiger partial charge in [0.1, 0.15) is 16.5 Å². The molecule has 186 valence electrons. The highest BCUT2D eigenvalue weighted by atomic mass is 32.1. The molecule has 37 heavy (non-hydrogen) atoms. The predicted molar refractivity (Wildman–Crippen MR) is 146 cm³/mol. The Morgan fingerprint density at radius 1 is 0.892 bits per heavy atom. The number of nitrogens with zero attached hydrogens (tertiary/aromatic N) is 1. The standard InChI is InChI=1S/C29H24N2O5S/c1-17(27(32)30-19-14-20(34-2)16-21(15-19)35-3)36-29(33)23-11-7-9-18-8-6-10-22(26(18)23)28-31-24-12-4-5-13-25(24)37-28/h4-17H,1-3H3,(H,30,32). The molecule has 0 radical (unpaired) electrons. The number of hydrogen-bond donors (Lipinski definition) is 1. The molecule has 8 heteroatoms. The van der Waals surface area contributed by atoms with Gasteiger partial charge in [-0.1, -0.05) is 42.5 Å². The maximum absolute atomic E-state index is 13.3. The number of benzene rings is 4. The second-order valence-corrected chi connectivity index (χ2v) is 9.36. The van der Waals surface area contributed by atoms with Crippen LogP contribution in [0.2, 0.25) is 0 Å². The number of hydrogen-bond acceptors (Lipinski definition) is 7. The Morgan fingerprint density at radius 2 is 1.59 bits per heavy atom. The summed E-state index contributed by atoms with van der Waals surface area (Å²) in [6, 6.07) is 24.2. The maximum atomic E-state index is 13.3. The Hall–Kier alpha value is -4.43. The van der Waals surface area contributed by atoms with E-state index < -0.39 is 18.0 Å². The van der Waals surface area contributed by atoms with E-state index in [1.807, 2.05) is 48.5 Å². The number of amides is 1. The van der Waals surface area contributed by atoms with Crippen molar-refractivity contribution < 1.29 is 23.8 Å². The molecular weight excluding hydrogens is 488 g/mol. The van der Waals surface area contributed by atoms with Crippen molar-refractivity contribution in [2.75, 3.05) is 19.5 Å². The lowest BCUT2D eigenvalue weighted by Gasteiger charge is -2.16. The third-order valence-electron chi connectivity index (χ3n) is 5.92. The van der Waals surface area contributed by atoms with Crippen LogP contribution in [0.25, 0.3) is 31.6 Å². The minimum absolute atomic E-state index is 0.370. The van der Waals surface area contributed by atoms with Gasteiger partial charge in [-0.25, -0.2) is 9.78 Å². The van der Waals surface area contributed by atoms with E-state index in [0.717, 1.165) is 31.6 Å². The number of thiazole rings is 1. The molecule has 0 spiro atoms. The average Bonchev–Trinajstić information content (AvgIpc) is 3.36. The summed E-state index contributed by atoms with van der Waals surface area (Å²) in [5.74, 6) is -0.0183. The van der Waals surface area contributed by atoms with Crippen molar-refractivity contribution >= 4 is 49.9 Å². The predicted octanol–water partition coefficient (Wildman–Crippen LogP) is 6.32. The van der Waals surface area contributed by atoms with Crippen LogP contribution in [0.4, 0.5) is 5.69 Å². The zero-order valence-corrected chi connectivity index (χ0v) is 21.3. The normalized spacial score (nSPS) is 11.8. The summed E-state index contributed by atoms with van der Waals surface area (Å²) in [5.41, 5.74) is 2.58. The fraction of sp³-hybridized carbons (Fsp3) is 0.138. The minimum atomic E-state index is -1.05. The first-order valence-electron chi connectivity index (χ1n) is 11.6. The number of anilines is 1. The van der Waals surface area contributed by atoms with E-state index in [9.17, 15) is 9.59 Å². The highest BCUT2D eigenvalue weighted by molar-refractivity contribution is 7.21. The summed E-state index contributed by atoms with van der Waals surface area (Å²) in [4.78, 5) is 31.0. The van der Waals surface area contributed by atoms with Gasteiger partial charge in [-0.15, -0.1) is 11.3 Å². The van der Waals surface area contributed by atoms with Gasteiger partial charge < -0.3 is 19.5 Å². The molecular formula is C29H24N2O5S. The minimum Gasteiger partial charge on any atom is -0.497 e. The van der Waals surface area contributed by atoms with Crippen LogP contribution in [0, 0.1) is 0 Å².